The molecule has 0 saturated carbocycles. The lowest BCUT2D eigenvalue weighted by Crippen LogP contribution is -2.44. The lowest BCUT2D eigenvalue weighted by Gasteiger charge is -2.31. The summed E-state index contributed by atoms with van der Waals surface area (Å²) in [6.07, 6.45) is 10.5. The summed E-state index contributed by atoms with van der Waals surface area (Å²) in [6.45, 7) is 12.6. The molecule has 0 bridgehead atoms. The summed E-state index contributed by atoms with van der Waals surface area (Å²) in [5, 5.41) is 0. The minimum absolute atomic E-state index is 0.226. The van der Waals surface area contributed by atoms with E-state index in [1.54, 1.807) is 0 Å². The zero-order valence-corrected chi connectivity index (χ0v) is 17.8. The molecule has 0 spiro atoms. The van der Waals surface area contributed by atoms with Gasteiger partial charge in [-0.05, 0) is 26.2 Å². The molecule has 0 radical (unpaired) electrons. The molecule has 25 heavy (non-hydrogen) atoms. The molecule has 7 heteroatoms. The first-order valence-corrected chi connectivity index (χ1v) is 11.2. The molecular formula is C18H39N2O4P. The van der Waals surface area contributed by atoms with Gasteiger partial charge in [-0.1, -0.05) is 40.0 Å². The van der Waals surface area contributed by atoms with Crippen LogP contribution >= 0.6 is 7.82 Å². The maximum absolute atomic E-state index is 11.0. The van der Waals surface area contributed by atoms with Crippen LogP contribution in [0.2, 0.25) is 0 Å². The summed E-state index contributed by atoms with van der Waals surface area (Å²) < 4.78 is 21.3. The molecule has 0 amide bonds. The van der Waals surface area contributed by atoms with Gasteiger partial charge < -0.3 is 18.8 Å². The molecule has 6 nitrogen and oxygen atoms in total. The van der Waals surface area contributed by atoms with Gasteiger partial charge in [0, 0.05) is 7.05 Å². The van der Waals surface area contributed by atoms with Crippen molar-refractivity contribution in [1.29, 1.82) is 0 Å². The molecule has 0 saturated heterocycles. The number of unbranched alkanes of at least 4 members (excludes halogenated alkanes) is 3. The standard InChI is InChI=1S/C10H21N2.C8H19O4P/c1-4-6-8-12(5-2)9-7-11(3)10-12;1-3-5-7-11-13(9,10)12-8-6-4-2/h7,9H,4-6,8,10H2,1-3H3;3-8H2,1-2H3,(H,9,10)/q+1;/p-1. The number of nitrogens with zero attached hydrogens (tertiary/aromatic N) is 2. The van der Waals surface area contributed by atoms with Crippen LogP contribution in [0, 0.1) is 0 Å². The third-order valence-electron chi connectivity index (χ3n) is 4.22. The third kappa shape index (κ3) is 11.8. The quantitative estimate of drug-likeness (QED) is 0.291. The van der Waals surface area contributed by atoms with Crippen molar-refractivity contribution in [3.05, 3.63) is 12.4 Å². The Kier molecular flexibility index (Phi) is 13.6. The Morgan fingerprint density at radius 3 is 1.92 bits per heavy atom. The number of rotatable bonds is 12. The van der Waals surface area contributed by atoms with E-state index in [9.17, 15) is 9.46 Å². The summed E-state index contributed by atoms with van der Waals surface area (Å²) in [6, 6.07) is 0. The highest BCUT2D eigenvalue weighted by Gasteiger charge is 2.27. The number of phosphoric acid groups is 1. The second kappa shape index (κ2) is 13.8. The minimum atomic E-state index is -4.00. The highest BCUT2D eigenvalue weighted by Crippen LogP contribution is 2.38. The van der Waals surface area contributed by atoms with Crippen LogP contribution in [0.4, 0.5) is 0 Å². The van der Waals surface area contributed by atoms with Gasteiger partial charge in [-0.25, -0.2) is 0 Å². The second-order valence-electron chi connectivity index (χ2n) is 6.63. The molecule has 0 aromatic heterocycles. The fourth-order valence-electron chi connectivity index (χ4n) is 2.45. The molecule has 0 aromatic carbocycles. The maximum Gasteiger partial charge on any atom is 0.267 e. The highest BCUT2D eigenvalue weighted by atomic mass is 31.2. The first-order chi connectivity index (χ1) is 11.8. The van der Waals surface area contributed by atoms with E-state index in [0.29, 0.717) is 0 Å². The van der Waals surface area contributed by atoms with Crippen LogP contribution in [0.5, 0.6) is 0 Å². The van der Waals surface area contributed by atoms with E-state index in [4.69, 9.17) is 0 Å². The van der Waals surface area contributed by atoms with Gasteiger partial charge in [-0.3, -0.25) is 9.05 Å². The first-order valence-electron chi connectivity index (χ1n) is 9.70. The Labute approximate surface area is 155 Å². The van der Waals surface area contributed by atoms with Gasteiger partial charge in [-0.2, -0.15) is 0 Å². The normalized spacial score (nSPS) is 19.8. The summed E-state index contributed by atoms with van der Waals surface area (Å²) >= 11 is 0. The fraction of sp³-hybridized carbons (Fsp3) is 0.889. The van der Waals surface area contributed by atoms with Crippen LogP contribution in [0.15, 0.2) is 12.4 Å². The van der Waals surface area contributed by atoms with Crippen LogP contribution in [-0.2, 0) is 13.6 Å². The lowest BCUT2D eigenvalue weighted by molar-refractivity contribution is -0.879. The molecule has 0 aliphatic carbocycles. The van der Waals surface area contributed by atoms with Gasteiger partial charge in [0.2, 0.25) is 0 Å². The summed E-state index contributed by atoms with van der Waals surface area (Å²) in [4.78, 5) is 13.2. The van der Waals surface area contributed by atoms with Gasteiger partial charge in [-0.15, -0.1) is 0 Å². The zero-order valence-electron chi connectivity index (χ0n) is 16.9. The predicted octanol–water partition coefficient (Wildman–Crippen LogP) is 4.09. The zero-order chi connectivity index (χ0) is 19.2. The van der Waals surface area contributed by atoms with E-state index >= 15 is 0 Å². The van der Waals surface area contributed by atoms with Crippen LogP contribution in [0.3, 0.4) is 0 Å². The molecule has 1 atom stereocenters. The monoisotopic (exact) mass is 378 g/mol. The molecule has 0 fully saturated rings. The van der Waals surface area contributed by atoms with Crippen molar-refractivity contribution >= 4 is 7.82 Å². The van der Waals surface area contributed by atoms with Crippen molar-refractivity contribution in [3.63, 3.8) is 0 Å². The molecule has 1 aliphatic rings. The number of hydrogen-bond acceptors (Lipinski definition) is 5. The largest absolute Gasteiger partial charge is 0.756 e. The minimum Gasteiger partial charge on any atom is -0.756 e. The van der Waals surface area contributed by atoms with Gasteiger partial charge in [0.25, 0.3) is 7.82 Å². The van der Waals surface area contributed by atoms with Crippen molar-refractivity contribution in [1.82, 2.24) is 4.90 Å². The summed E-state index contributed by atoms with van der Waals surface area (Å²) in [7, 11) is -1.85. The molecule has 1 aliphatic heterocycles. The highest BCUT2D eigenvalue weighted by molar-refractivity contribution is 7.45. The average Bonchev–Trinajstić information content (AvgIpc) is 2.96. The molecule has 0 aromatic rings. The van der Waals surface area contributed by atoms with E-state index in [1.165, 1.54) is 25.9 Å². The van der Waals surface area contributed by atoms with Gasteiger partial charge in [0.15, 0.2) is 6.67 Å². The van der Waals surface area contributed by atoms with Crippen LogP contribution in [0.1, 0.15) is 66.2 Å². The van der Waals surface area contributed by atoms with Crippen LogP contribution in [-0.4, -0.2) is 49.4 Å². The van der Waals surface area contributed by atoms with Gasteiger partial charge in [0.05, 0.1) is 32.5 Å². The lowest BCUT2D eigenvalue weighted by atomic mass is 10.3. The predicted molar refractivity (Wildman–Crippen MR) is 102 cm³/mol. The molecule has 150 valence electrons. The van der Waals surface area contributed by atoms with E-state index < -0.39 is 7.82 Å². The molecule has 0 N–H and O–H groups in total. The first kappa shape index (κ1) is 24.6. The number of quaternary nitrogens is 1. The smallest absolute Gasteiger partial charge is 0.267 e. The topological polar surface area (TPSA) is 61.8 Å². The third-order valence-corrected chi connectivity index (χ3v) is 5.22. The van der Waals surface area contributed by atoms with Crippen molar-refractivity contribution in [2.75, 3.05) is 40.0 Å². The van der Waals surface area contributed by atoms with Crippen molar-refractivity contribution < 1.29 is 23.0 Å². The van der Waals surface area contributed by atoms with Gasteiger partial charge >= 0.3 is 0 Å². The molecule has 1 rings (SSSR count). The molecule has 1 unspecified atom stereocenters. The van der Waals surface area contributed by atoms with E-state index in [-0.39, 0.29) is 13.2 Å². The fourth-order valence-corrected chi connectivity index (χ4v) is 3.23. The van der Waals surface area contributed by atoms with Gasteiger partial charge in [0.1, 0.15) is 6.20 Å². The summed E-state index contributed by atoms with van der Waals surface area (Å²) in [5.74, 6) is 0. The Balaban J connectivity index is 0.000000462. The Morgan fingerprint density at radius 2 is 1.56 bits per heavy atom. The SMILES string of the molecule is CCCCOP(=O)([O-])OCCCC.CCCC[N+]1(CC)C=CN(C)C1. The van der Waals surface area contributed by atoms with E-state index in [0.717, 1.165) is 36.8 Å². The van der Waals surface area contributed by atoms with Crippen molar-refractivity contribution in [2.24, 2.45) is 0 Å². The Morgan fingerprint density at radius 1 is 1.04 bits per heavy atom. The van der Waals surface area contributed by atoms with Crippen molar-refractivity contribution in [2.45, 2.75) is 66.2 Å². The van der Waals surface area contributed by atoms with Crippen LogP contribution in [0.25, 0.3) is 0 Å². The number of phosphoric ester groups is 1. The Hall–Kier alpha value is -0.390. The van der Waals surface area contributed by atoms with Crippen LogP contribution < -0.4 is 4.89 Å². The van der Waals surface area contributed by atoms with E-state index in [2.05, 4.69) is 47.2 Å². The molecule has 1 heterocycles. The summed E-state index contributed by atoms with van der Waals surface area (Å²) in [5.41, 5.74) is 0. The second-order valence-corrected chi connectivity index (χ2v) is 8.04. The average molecular weight is 378 g/mol. The van der Waals surface area contributed by atoms with E-state index in [1.807, 2.05) is 13.8 Å². The van der Waals surface area contributed by atoms with Crippen molar-refractivity contribution in [3.8, 4) is 0 Å². The maximum atomic E-state index is 11.0. The number of hydrogen-bond donors (Lipinski definition) is 0. The molecular weight excluding hydrogens is 339 g/mol. The Bertz CT molecular complexity index is 393.